The molecule has 0 atom stereocenters. The Bertz CT molecular complexity index is 1710. The topological polar surface area (TPSA) is 118 Å². The predicted octanol–water partition coefficient (Wildman–Crippen LogP) is 5.92. The SMILES string of the molecule is Cn1c(-c2ccc(F)cc2)c(C2CCCCC2)n2ncc(C(=O)NC3(C(=O)Nc4ccc(/C=C/C(=O)O)cc4)CCC3)c12. The average molecular weight is 584 g/mol. The summed E-state index contributed by atoms with van der Waals surface area (Å²) in [6, 6.07) is 13.2. The molecule has 0 bridgehead atoms. The van der Waals surface area contributed by atoms with Crippen LogP contribution in [0.1, 0.15) is 78.9 Å². The van der Waals surface area contributed by atoms with Crippen LogP contribution in [0.5, 0.6) is 0 Å². The summed E-state index contributed by atoms with van der Waals surface area (Å²) >= 11 is 0. The van der Waals surface area contributed by atoms with Gasteiger partial charge in [-0.15, -0.1) is 0 Å². The van der Waals surface area contributed by atoms with Gasteiger partial charge in [0, 0.05) is 30.3 Å². The molecule has 2 saturated carbocycles. The van der Waals surface area contributed by atoms with Crippen LogP contribution in [0.2, 0.25) is 0 Å². The van der Waals surface area contributed by atoms with Crippen molar-refractivity contribution in [1.82, 2.24) is 19.5 Å². The number of nitrogens with zero attached hydrogens (tertiary/aromatic N) is 3. The molecule has 9 nitrogen and oxygen atoms in total. The normalized spacial score (nSPS) is 16.7. The number of carbonyl (C=O) groups is 3. The Morgan fingerprint density at radius 3 is 2.33 bits per heavy atom. The van der Waals surface area contributed by atoms with E-state index in [1.165, 1.54) is 24.6 Å². The molecule has 2 heterocycles. The third kappa shape index (κ3) is 5.45. The lowest BCUT2D eigenvalue weighted by atomic mass is 9.75. The molecule has 2 fully saturated rings. The molecule has 43 heavy (non-hydrogen) atoms. The molecule has 4 aromatic rings. The summed E-state index contributed by atoms with van der Waals surface area (Å²) < 4.78 is 17.6. The van der Waals surface area contributed by atoms with Gasteiger partial charge in [0.05, 0.1) is 17.6 Å². The van der Waals surface area contributed by atoms with Gasteiger partial charge in [0.2, 0.25) is 5.91 Å². The van der Waals surface area contributed by atoms with Gasteiger partial charge in [-0.05, 0) is 80.1 Å². The number of aryl methyl sites for hydroxylation is 1. The average Bonchev–Trinajstić information content (AvgIpc) is 3.54. The molecule has 0 spiro atoms. The lowest BCUT2D eigenvalue weighted by molar-refractivity contribution is -0.131. The number of aromatic nitrogens is 3. The lowest BCUT2D eigenvalue weighted by Gasteiger charge is -2.40. The zero-order valence-corrected chi connectivity index (χ0v) is 24.0. The van der Waals surface area contributed by atoms with Crippen LogP contribution in [0.15, 0.2) is 60.8 Å². The minimum Gasteiger partial charge on any atom is -0.478 e. The molecule has 2 aliphatic carbocycles. The van der Waals surface area contributed by atoms with Crippen molar-refractivity contribution in [2.24, 2.45) is 7.05 Å². The quantitative estimate of drug-likeness (QED) is 0.223. The Labute approximate surface area is 248 Å². The maximum atomic E-state index is 13.8. The first-order chi connectivity index (χ1) is 20.8. The number of carbonyl (C=O) groups excluding carboxylic acids is 2. The van der Waals surface area contributed by atoms with Crippen molar-refractivity contribution in [3.63, 3.8) is 0 Å². The van der Waals surface area contributed by atoms with Crippen LogP contribution < -0.4 is 10.6 Å². The van der Waals surface area contributed by atoms with Gasteiger partial charge in [0.1, 0.15) is 22.6 Å². The molecule has 6 rings (SSSR count). The van der Waals surface area contributed by atoms with E-state index in [0.717, 1.165) is 55.1 Å². The second kappa shape index (κ2) is 11.5. The van der Waals surface area contributed by atoms with Crippen LogP contribution in [-0.2, 0) is 16.6 Å². The highest BCUT2D eigenvalue weighted by atomic mass is 19.1. The van der Waals surface area contributed by atoms with Crippen molar-refractivity contribution < 1.29 is 23.9 Å². The minimum atomic E-state index is -1.05. The molecular formula is C33H34FN5O4. The van der Waals surface area contributed by atoms with Crippen LogP contribution in [0.4, 0.5) is 10.1 Å². The Hall–Kier alpha value is -4.73. The maximum absolute atomic E-state index is 13.8. The number of hydrogen-bond acceptors (Lipinski definition) is 4. The number of carboxylic acids is 1. The molecule has 10 heteroatoms. The van der Waals surface area contributed by atoms with Crippen molar-refractivity contribution >= 4 is 35.2 Å². The number of fused-ring (bicyclic) bond motifs is 1. The first-order valence-corrected chi connectivity index (χ1v) is 14.7. The van der Waals surface area contributed by atoms with Crippen molar-refractivity contribution in [3.8, 4) is 11.3 Å². The molecule has 2 aromatic carbocycles. The van der Waals surface area contributed by atoms with E-state index in [-0.39, 0.29) is 23.5 Å². The van der Waals surface area contributed by atoms with Crippen LogP contribution in [0.25, 0.3) is 23.0 Å². The van der Waals surface area contributed by atoms with E-state index >= 15 is 0 Å². The number of hydrogen-bond donors (Lipinski definition) is 3. The van der Waals surface area contributed by atoms with Crippen LogP contribution in [0, 0.1) is 5.82 Å². The van der Waals surface area contributed by atoms with Crippen LogP contribution in [0.3, 0.4) is 0 Å². The molecule has 0 radical (unpaired) electrons. The number of amides is 2. The van der Waals surface area contributed by atoms with Crippen molar-refractivity contribution in [3.05, 3.63) is 83.4 Å². The summed E-state index contributed by atoms with van der Waals surface area (Å²) in [5.74, 6) is -1.75. The molecule has 2 amide bonds. The highest BCUT2D eigenvalue weighted by Crippen LogP contribution is 2.40. The van der Waals surface area contributed by atoms with Gasteiger partial charge in [-0.2, -0.15) is 5.10 Å². The fraction of sp³-hybridized carbons (Fsp3) is 0.333. The number of aliphatic carboxylic acids is 1. The van der Waals surface area contributed by atoms with Gasteiger partial charge in [0.25, 0.3) is 5.91 Å². The van der Waals surface area contributed by atoms with Crippen molar-refractivity contribution in [2.75, 3.05) is 5.32 Å². The third-order valence-electron chi connectivity index (χ3n) is 8.80. The fourth-order valence-electron chi connectivity index (χ4n) is 6.39. The van der Waals surface area contributed by atoms with E-state index in [9.17, 15) is 18.8 Å². The monoisotopic (exact) mass is 583 g/mol. The van der Waals surface area contributed by atoms with Gasteiger partial charge >= 0.3 is 5.97 Å². The molecule has 0 aliphatic heterocycles. The molecule has 2 aromatic heterocycles. The van der Waals surface area contributed by atoms with Gasteiger partial charge in [-0.3, -0.25) is 9.59 Å². The second-order valence-corrected chi connectivity index (χ2v) is 11.6. The number of benzene rings is 2. The van der Waals surface area contributed by atoms with Gasteiger partial charge in [0.15, 0.2) is 0 Å². The van der Waals surface area contributed by atoms with E-state index < -0.39 is 11.5 Å². The minimum absolute atomic E-state index is 0.267. The molecule has 2 aliphatic rings. The summed E-state index contributed by atoms with van der Waals surface area (Å²) in [5.41, 5.74) is 4.01. The van der Waals surface area contributed by atoms with E-state index in [0.29, 0.717) is 35.3 Å². The van der Waals surface area contributed by atoms with Crippen LogP contribution >= 0.6 is 0 Å². The van der Waals surface area contributed by atoms with Crippen molar-refractivity contribution in [2.45, 2.75) is 62.8 Å². The lowest BCUT2D eigenvalue weighted by Crippen LogP contribution is -2.61. The Kier molecular flexibility index (Phi) is 7.60. The molecule has 0 unspecified atom stereocenters. The number of rotatable bonds is 8. The largest absolute Gasteiger partial charge is 0.478 e. The maximum Gasteiger partial charge on any atom is 0.328 e. The number of halogens is 1. The second-order valence-electron chi connectivity index (χ2n) is 11.6. The van der Waals surface area contributed by atoms with Gasteiger partial charge < -0.3 is 20.3 Å². The Balaban J connectivity index is 1.28. The first-order valence-electron chi connectivity index (χ1n) is 14.7. The number of anilines is 1. The number of imidazole rings is 1. The zero-order chi connectivity index (χ0) is 30.1. The standard InChI is InChI=1S/C33H34FN5O4/c1-38-28(23-11-13-24(34)14-12-23)29(22-6-3-2-4-7-22)39-31(38)26(20-35-39)30(42)37-33(18-5-19-33)32(43)36-25-15-8-21(9-16-25)10-17-27(40)41/h8-17,20,22H,2-7,18-19H2,1H3,(H,36,43)(H,37,42)(H,40,41)/b17-10+. The molecule has 3 N–H and O–H groups in total. The van der Waals surface area contributed by atoms with E-state index in [2.05, 4.69) is 15.7 Å². The fourth-order valence-corrected chi connectivity index (χ4v) is 6.39. The van der Waals surface area contributed by atoms with Gasteiger partial charge in [-0.25, -0.2) is 13.7 Å². The van der Waals surface area contributed by atoms with Crippen molar-refractivity contribution in [1.29, 1.82) is 0 Å². The summed E-state index contributed by atoms with van der Waals surface area (Å²) in [6.45, 7) is 0. The zero-order valence-electron chi connectivity index (χ0n) is 24.0. The summed E-state index contributed by atoms with van der Waals surface area (Å²) in [5, 5.41) is 19.4. The Morgan fingerprint density at radius 2 is 1.70 bits per heavy atom. The van der Waals surface area contributed by atoms with E-state index in [4.69, 9.17) is 5.11 Å². The summed E-state index contributed by atoms with van der Waals surface area (Å²) in [7, 11) is 1.90. The molecular weight excluding hydrogens is 549 g/mol. The molecule has 222 valence electrons. The highest BCUT2D eigenvalue weighted by molar-refractivity contribution is 6.06. The number of carboxylic acid groups (broad SMARTS) is 1. The van der Waals surface area contributed by atoms with E-state index in [1.807, 2.05) is 16.1 Å². The highest BCUT2D eigenvalue weighted by Gasteiger charge is 2.46. The predicted molar refractivity (Wildman–Crippen MR) is 161 cm³/mol. The number of nitrogens with one attached hydrogen (secondary N) is 2. The molecule has 0 saturated heterocycles. The smallest absolute Gasteiger partial charge is 0.328 e. The van der Waals surface area contributed by atoms with E-state index in [1.54, 1.807) is 42.6 Å². The summed E-state index contributed by atoms with van der Waals surface area (Å²) in [4.78, 5) is 38.0. The third-order valence-corrected chi connectivity index (χ3v) is 8.80. The first kappa shape index (κ1) is 28.4. The van der Waals surface area contributed by atoms with Crippen LogP contribution in [-0.4, -0.2) is 42.6 Å². The Morgan fingerprint density at radius 1 is 1.00 bits per heavy atom. The van der Waals surface area contributed by atoms with Gasteiger partial charge in [-0.1, -0.05) is 31.4 Å². The summed E-state index contributed by atoms with van der Waals surface area (Å²) in [6.07, 6.45) is 11.4.